The predicted molar refractivity (Wildman–Crippen MR) is 30.3 cm³/mol. The summed E-state index contributed by atoms with van der Waals surface area (Å²) in [5, 5.41) is 14.7. The molecule has 0 aromatic carbocycles. The second kappa shape index (κ2) is 6.79. The molecule has 0 saturated heterocycles. The van der Waals surface area contributed by atoms with Crippen LogP contribution in [-0.2, 0) is 4.79 Å². The Bertz CT molecular complexity index is 141. The van der Waals surface area contributed by atoms with Crippen molar-refractivity contribution in [2.45, 2.75) is 0 Å². The molecule has 0 bridgehead atoms. The molecule has 0 unspecified atom stereocenters. The van der Waals surface area contributed by atoms with E-state index in [-0.39, 0.29) is 0 Å². The lowest BCUT2D eigenvalue weighted by Gasteiger charge is -1.60. The highest BCUT2D eigenvalue weighted by Crippen LogP contribution is 1.67. The molecule has 0 aromatic heterocycles. The lowest BCUT2D eigenvalue weighted by atomic mass is 10.7. The van der Waals surface area contributed by atoms with Crippen molar-refractivity contribution < 1.29 is 19.8 Å². The Morgan fingerprint density at radius 3 is 1.56 bits per heavy atom. The van der Waals surface area contributed by atoms with Gasteiger partial charge >= 0.3 is 11.4 Å². The van der Waals surface area contributed by atoms with Gasteiger partial charge in [0.15, 0.2) is 0 Å². The zero-order chi connectivity index (χ0) is 7.86. The molecule has 0 rings (SSSR count). The summed E-state index contributed by atoms with van der Waals surface area (Å²) < 4.78 is 0. The van der Waals surface area contributed by atoms with Gasteiger partial charge in [0.05, 0.1) is 0 Å². The van der Waals surface area contributed by atoms with Crippen molar-refractivity contribution in [2.24, 2.45) is 0 Å². The average Bonchev–Trinajstić information content (AvgIpc) is 1.65. The second-order valence-corrected chi connectivity index (χ2v) is 1.03. The minimum atomic E-state index is -1.36. The largest absolute Gasteiger partial charge is 0.472 e. The molecule has 0 aliphatic rings. The fourth-order valence-corrected chi connectivity index (χ4v) is 0. The monoisotopic (exact) mass is 150 g/mol. The van der Waals surface area contributed by atoms with Crippen molar-refractivity contribution in [1.29, 1.82) is 0 Å². The number of carbonyl (C=O) groups is 2. The Morgan fingerprint density at radius 1 is 1.44 bits per heavy atom. The molecule has 0 saturated carbocycles. The molecule has 0 amide bonds. The fraction of sp³-hybridized carbons (Fsp3) is 0. The lowest BCUT2D eigenvalue weighted by molar-refractivity contribution is -0.130. The highest BCUT2D eigenvalue weighted by atomic mass is 35.5. The van der Waals surface area contributed by atoms with Crippen molar-refractivity contribution in [1.82, 2.24) is 0 Å². The van der Waals surface area contributed by atoms with E-state index in [1.54, 1.807) is 0 Å². The van der Waals surface area contributed by atoms with Gasteiger partial charge in [0.25, 0.3) is 0 Å². The standard InChI is InChI=1S/C3H2O2.CHClO2/c1-2-3(4)5;2-1(3)4/h1H,(H,4,5);(H,3,4). The van der Waals surface area contributed by atoms with Gasteiger partial charge in [-0.05, 0) is 0 Å². The van der Waals surface area contributed by atoms with E-state index in [9.17, 15) is 0 Å². The highest BCUT2D eigenvalue weighted by Gasteiger charge is 1.74. The third-order valence-corrected chi connectivity index (χ3v) is 0.123. The fourth-order valence-electron chi connectivity index (χ4n) is 0. The first-order chi connectivity index (χ1) is 4.00. The van der Waals surface area contributed by atoms with E-state index < -0.39 is 11.4 Å². The zero-order valence-corrected chi connectivity index (χ0v) is 4.92. The maximum atomic E-state index is 9.13. The molecule has 0 aliphatic heterocycles. The van der Waals surface area contributed by atoms with Gasteiger partial charge in [-0.1, -0.05) is 0 Å². The van der Waals surface area contributed by atoms with E-state index in [4.69, 9.17) is 19.8 Å². The van der Waals surface area contributed by atoms with E-state index >= 15 is 0 Å². The van der Waals surface area contributed by atoms with Crippen LogP contribution < -0.4 is 0 Å². The van der Waals surface area contributed by atoms with Crippen molar-refractivity contribution in [3.05, 3.63) is 0 Å². The van der Waals surface area contributed by atoms with Crippen LogP contribution in [0, 0.1) is 12.3 Å². The number of carboxylic acids is 1. The van der Waals surface area contributed by atoms with Crippen LogP contribution in [0.25, 0.3) is 0 Å². The molecule has 4 nitrogen and oxygen atoms in total. The van der Waals surface area contributed by atoms with Gasteiger partial charge in [-0.3, -0.25) is 0 Å². The molecule has 50 valence electrons. The zero-order valence-electron chi connectivity index (χ0n) is 4.17. The molecule has 0 aliphatic carbocycles. The molecule has 0 atom stereocenters. The van der Waals surface area contributed by atoms with E-state index in [0.717, 1.165) is 0 Å². The summed E-state index contributed by atoms with van der Waals surface area (Å²) in [5.74, 6) is 0.227. The number of carboxylic acid groups (broad SMARTS) is 2. The molecule has 2 N–H and O–H groups in total. The first-order valence-electron chi connectivity index (χ1n) is 1.58. The van der Waals surface area contributed by atoms with E-state index in [0.29, 0.717) is 0 Å². The van der Waals surface area contributed by atoms with Crippen LogP contribution in [0.4, 0.5) is 4.79 Å². The predicted octanol–water partition coefficient (Wildman–Crippen LogP) is 0.607. The first-order valence-corrected chi connectivity index (χ1v) is 1.96. The Hall–Kier alpha value is -1.21. The lowest BCUT2D eigenvalue weighted by Crippen LogP contribution is -1.83. The van der Waals surface area contributed by atoms with Crippen LogP contribution in [0.2, 0.25) is 0 Å². The third kappa shape index (κ3) is 250. The minimum absolute atomic E-state index is 1.22. The molecular weight excluding hydrogens is 147 g/mol. The van der Waals surface area contributed by atoms with E-state index in [1.165, 1.54) is 5.92 Å². The van der Waals surface area contributed by atoms with Crippen molar-refractivity contribution in [3.8, 4) is 12.3 Å². The molecule has 5 heteroatoms. The molecular formula is C4H3ClO4. The number of terminal acetylenes is 1. The molecule has 0 aromatic rings. The van der Waals surface area contributed by atoms with Crippen LogP contribution in [0.15, 0.2) is 0 Å². The van der Waals surface area contributed by atoms with Crippen LogP contribution in [-0.4, -0.2) is 21.6 Å². The average molecular weight is 151 g/mol. The van der Waals surface area contributed by atoms with Crippen LogP contribution in [0.5, 0.6) is 0 Å². The summed E-state index contributed by atoms with van der Waals surface area (Å²) >= 11 is 4.19. The summed E-state index contributed by atoms with van der Waals surface area (Å²) in [6.07, 6.45) is 4.32. The first kappa shape index (κ1) is 10.7. The summed E-state index contributed by atoms with van der Waals surface area (Å²) in [6.45, 7) is 0. The second-order valence-electron chi connectivity index (χ2n) is 0.702. The maximum Gasteiger partial charge on any atom is 0.401 e. The number of rotatable bonds is 0. The summed E-state index contributed by atoms with van der Waals surface area (Å²) in [4.78, 5) is 17.9. The van der Waals surface area contributed by atoms with Crippen LogP contribution >= 0.6 is 11.6 Å². The van der Waals surface area contributed by atoms with Crippen LogP contribution in [0.3, 0.4) is 0 Å². The van der Waals surface area contributed by atoms with Crippen LogP contribution in [0.1, 0.15) is 0 Å². The minimum Gasteiger partial charge on any atom is -0.472 e. The Balaban J connectivity index is 0. The Labute approximate surface area is 56.1 Å². The molecule has 0 heterocycles. The molecule has 0 radical (unpaired) electrons. The Morgan fingerprint density at radius 2 is 1.56 bits per heavy atom. The van der Waals surface area contributed by atoms with Crippen molar-refractivity contribution in [2.75, 3.05) is 0 Å². The summed E-state index contributed by atoms with van der Waals surface area (Å²) in [7, 11) is 0. The van der Waals surface area contributed by atoms with Gasteiger partial charge in [-0.2, -0.15) is 0 Å². The normalized spacial score (nSPS) is 5.78. The number of aliphatic carboxylic acids is 1. The van der Waals surface area contributed by atoms with Gasteiger partial charge < -0.3 is 10.2 Å². The quantitative estimate of drug-likeness (QED) is 0.392. The van der Waals surface area contributed by atoms with Gasteiger partial charge in [-0.15, -0.1) is 6.42 Å². The van der Waals surface area contributed by atoms with Gasteiger partial charge in [0.2, 0.25) is 0 Å². The SMILES string of the molecule is C#CC(=O)O.O=C(O)Cl. The maximum absolute atomic E-state index is 9.13. The van der Waals surface area contributed by atoms with Gasteiger partial charge in [0.1, 0.15) is 0 Å². The molecule has 9 heavy (non-hydrogen) atoms. The van der Waals surface area contributed by atoms with E-state index in [1.807, 2.05) is 0 Å². The topological polar surface area (TPSA) is 74.6 Å². The highest BCUT2D eigenvalue weighted by molar-refractivity contribution is 6.60. The van der Waals surface area contributed by atoms with Gasteiger partial charge in [0, 0.05) is 17.5 Å². The summed E-state index contributed by atoms with van der Waals surface area (Å²) in [5.41, 5.74) is -1.36. The Kier molecular flexibility index (Phi) is 8.08. The molecule has 0 fully saturated rings. The van der Waals surface area contributed by atoms with Crippen molar-refractivity contribution >= 4 is 23.0 Å². The van der Waals surface area contributed by atoms with Gasteiger partial charge in [-0.25, -0.2) is 9.59 Å². The smallest absolute Gasteiger partial charge is 0.401 e. The number of hydrogen-bond acceptors (Lipinski definition) is 2. The summed E-state index contributed by atoms with van der Waals surface area (Å²) in [6, 6.07) is 0. The number of halogens is 1. The third-order valence-electron chi connectivity index (χ3n) is 0.123. The molecule has 0 spiro atoms. The van der Waals surface area contributed by atoms with Crippen molar-refractivity contribution in [3.63, 3.8) is 0 Å². The van der Waals surface area contributed by atoms with E-state index in [2.05, 4.69) is 18.0 Å². The number of hydrogen-bond donors (Lipinski definition) is 2.